The van der Waals surface area contributed by atoms with Crippen LogP contribution in [0.2, 0.25) is 0 Å². The first-order valence-corrected chi connectivity index (χ1v) is 4.02. The second kappa shape index (κ2) is 4.69. The normalized spacial score (nSPS) is 12.0. The zero-order chi connectivity index (χ0) is 8.04. The molecule has 0 aromatic heterocycles. The zero-order valence-electron chi connectivity index (χ0n) is 7.06. The van der Waals surface area contributed by atoms with Gasteiger partial charge in [0.25, 0.3) is 0 Å². The molecule has 0 atom stereocenters. The van der Waals surface area contributed by atoms with E-state index in [0.717, 1.165) is 19.3 Å². The first kappa shape index (κ1) is 9.92. The summed E-state index contributed by atoms with van der Waals surface area (Å²) in [4.78, 5) is 0. The summed E-state index contributed by atoms with van der Waals surface area (Å²) in [5.74, 6) is 0. The average Bonchev–Trinajstić information content (AvgIpc) is 2.00. The van der Waals surface area contributed by atoms with E-state index in [0.29, 0.717) is 6.54 Å². The van der Waals surface area contributed by atoms with Gasteiger partial charge in [-0.2, -0.15) is 0 Å². The standard InChI is InChI=1S/C8H19N2/c1-3-8(10,4-2)6-5-7-9/h6H,3-5,7,9-10H2,1-2H3. The van der Waals surface area contributed by atoms with Crippen LogP contribution in [0.1, 0.15) is 33.1 Å². The van der Waals surface area contributed by atoms with Gasteiger partial charge in [-0.05, 0) is 32.2 Å². The molecule has 2 heteroatoms. The summed E-state index contributed by atoms with van der Waals surface area (Å²) >= 11 is 0. The highest BCUT2D eigenvalue weighted by molar-refractivity contribution is 4.95. The van der Waals surface area contributed by atoms with Gasteiger partial charge in [0.2, 0.25) is 0 Å². The van der Waals surface area contributed by atoms with E-state index in [1.807, 2.05) is 0 Å². The lowest BCUT2D eigenvalue weighted by molar-refractivity contribution is 0.444. The minimum atomic E-state index is -0.0701. The Hall–Kier alpha value is -0.0800. The van der Waals surface area contributed by atoms with E-state index in [-0.39, 0.29) is 5.54 Å². The molecule has 0 spiro atoms. The van der Waals surface area contributed by atoms with E-state index in [1.54, 1.807) is 0 Å². The second-order valence-corrected chi connectivity index (χ2v) is 2.72. The lowest BCUT2D eigenvalue weighted by atomic mass is 9.89. The molecule has 0 rings (SSSR count). The Morgan fingerprint density at radius 1 is 1.30 bits per heavy atom. The minimum Gasteiger partial charge on any atom is -0.330 e. The van der Waals surface area contributed by atoms with Crippen LogP contribution in [0.15, 0.2) is 0 Å². The molecule has 0 amide bonds. The van der Waals surface area contributed by atoms with Crippen LogP contribution in [0, 0.1) is 6.42 Å². The van der Waals surface area contributed by atoms with Gasteiger partial charge in [-0.15, -0.1) is 0 Å². The van der Waals surface area contributed by atoms with Gasteiger partial charge in [-0.1, -0.05) is 13.8 Å². The smallest absolute Gasteiger partial charge is 0.0181 e. The highest BCUT2D eigenvalue weighted by atomic mass is 14.7. The Kier molecular flexibility index (Phi) is 4.65. The van der Waals surface area contributed by atoms with Crippen LogP contribution < -0.4 is 11.5 Å². The van der Waals surface area contributed by atoms with Gasteiger partial charge < -0.3 is 11.5 Å². The summed E-state index contributed by atoms with van der Waals surface area (Å²) in [7, 11) is 0. The molecule has 0 aromatic rings. The number of nitrogens with two attached hydrogens (primary N) is 2. The molecule has 0 saturated carbocycles. The van der Waals surface area contributed by atoms with Gasteiger partial charge in [0.1, 0.15) is 0 Å². The summed E-state index contributed by atoms with van der Waals surface area (Å²) in [5, 5.41) is 0. The number of rotatable bonds is 5. The van der Waals surface area contributed by atoms with Crippen molar-refractivity contribution < 1.29 is 0 Å². The van der Waals surface area contributed by atoms with Crippen molar-refractivity contribution >= 4 is 0 Å². The maximum atomic E-state index is 5.97. The molecule has 0 aliphatic heterocycles. The predicted octanol–water partition coefficient (Wildman–Crippen LogP) is 1.06. The summed E-state index contributed by atoms with van der Waals surface area (Å²) < 4.78 is 0. The highest BCUT2D eigenvalue weighted by Gasteiger charge is 2.18. The molecule has 0 bridgehead atoms. The van der Waals surface area contributed by atoms with Crippen molar-refractivity contribution in [2.45, 2.75) is 38.6 Å². The van der Waals surface area contributed by atoms with Crippen molar-refractivity contribution in [3.8, 4) is 0 Å². The monoisotopic (exact) mass is 143 g/mol. The maximum Gasteiger partial charge on any atom is 0.0181 e. The molecule has 4 N–H and O–H groups in total. The average molecular weight is 143 g/mol. The molecule has 1 radical (unpaired) electrons. The van der Waals surface area contributed by atoms with Gasteiger partial charge in [-0.3, -0.25) is 0 Å². The van der Waals surface area contributed by atoms with Crippen molar-refractivity contribution in [2.75, 3.05) is 6.54 Å². The fourth-order valence-corrected chi connectivity index (χ4v) is 0.909. The van der Waals surface area contributed by atoms with Gasteiger partial charge in [0.15, 0.2) is 0 Å². The molecule has 0 aliphatic rings. The second-order valence-electron chi connectivity index (χ2n) is 2.72. The largest absolute Gasteiger partial charge is 0.330 e. The summed E-state index contributed by atoms with van der Waals surface area (Å²) in [6.07, 6.45) is 5.07. The molecule has 61 valence electrons. The molecule has 0 fully saturated rings. The van der Waals surface area contributed by atoms with Gasteiger partial charge >= 0.3 is 0 Å². The van der Waals surface area contributed by atoms with E-state index in [2.05, 4.69) is 20.3 Å². The molecular formula is C8H19N2. The van der Waals surface area contributed by atoms with Crippen molar-refractivity contribution in [1.29, 1.82) is 0 Å². The Balaban J connectivity index is 3.58. The van der Waals surface area contributed by atoms with Crippen LogP contribution in [-0.2, 0) is 0 Å². The summed E-state index contributed by atoms with van der Waals surface area (Å²) in [6, 6.07) is 0. The maximum absolute atomic E-state index is 5.97. The lowest BCUT2D eigenvalue weighted by Crippen LogP contribution is -2.39. The molecule has 0 saturated heterocycles. The molecule has 0 aromatic carbocycles. The summed E-state index contributed by atoms with van der Waals surface area (Å²) in [5.41, 5.74) is 11.3. The van der Waals surface area contributed by atoms with Gasteiger partial charge in [0.05, 0.1) is 0 Å². The van der Waals surface area contributed by atoms with Gasteiger partial charge in [-0.25, -0.2) is 0 Å². The van der Waals surface area contributed by atoms with Crippen LogP contribution in [0.3, 0.4) is 0 Å². The SMILES string of the molecule is CCC(N)([CH]CCN)CC. The van der Waals surface area contributed by atoms with Crippen molar-refractivity contribution in [3.63, 3.8) is 0 Å². The van der Waals surface area contributed by atoms with Crippen molar-refractivity contribution in [2.24, 2.45) is 11.5 Å². The van der Waals surface area contributed by atoms with E-state index in [1.165, 1.54) is 0 Å². The first-order valence-electron chi connectivity index (χ1n) is 4.02. The fourth-order valence-electron chi connectivity index (χ4n) is 0.909. The van der Waals surface area contributed by atoms with E-state index in [4.69, 9.17) is 11.5 Å². The quantitative estimate of drug-likeness (QED) is 0.604. The third kappa shape index (κ3) is 3.18. The lowest BCUT2D eigenvalue weighted by Gasteiger charge is -2.25. The minimum absolute atomic E-state index is 0.0701. The van der Waals surface area contributed by atoms with Gasteiger partial charge in [0, 0.05) is 5.54 Å². The third-order valence-corrected chi connectivity index (χ3v) is 2.03. The number of hydrogen-bond donors (Lipinski definition) is 2. The van der Waals surface area contributed by atoms with Crippen molar-refractivity contribution in [1.82, 2.24) is 0 Å². The van der Waals surface area contributed by atoms with Crippen molar-refractivity contribution in [3.05, 3.63) is 6.42 Å². The Labute approximate surface area is 64.0 Å². The molecule has 0 heterocycles. The molecule has 0 unspecified atom stereocenters. The Morgan fingerprint density at radius 2 is 1.80 bits per heavy atom. The van der Waals surface area contributed by atoms with E-state index in [9.17, 15) is 0 Å². The van der Waals surface area contributed by atoms with E-state index < -0.39 is 0 Å². The van der Waals surface area contributed by atoms with Crippen LogP contribution in [0.5, 0.6) is 0 Å². The number of hydrogen-bond acceptors (Lipinski definition) is 2. The Bertz CT molecular complexity index is 77.3. The van der Waals surface area contributed by atoms with E-state index >= 15 is 0 Å². The van der Waals surface area contributed by atoms with Crippen LogP contribution in [0.25, 0.3) is 0 Å². The predicted molar refractivity (Wildman–Crippen MR) is 45.5 cm³/mol. The van der Waals surface area contributed by atoms with Crippen LogP contribution in [-0.4, -0.2) is 12.1 Å². The molecule has 0 aliphatic carbocycles. The fraction of sp³-hybridized carbons (Fsp3) is 0.875. The molecule has 10 heavy (non-hydrogen) atoms. The molecule has 2 nitrogen and oxygen atoms in total. The third-order valence-electron chi connectivity index (χ3n) is 2.03. The topological polar surface area (TPSA) is 52.0 Å². The zero-order valence-corrected chi connectivity index (χ0v) is 7.06. The Morgan fingerprint density at radius 3 is 2.10 bits per heavy atom. The molecular weight excluding hydrogens is 124 g/mol. The summed E-state index contributed by atoms with van der Waals surface area (Å²) in [6.45, 7) is 4.92. The van der Waals surface area contributed by atoms with Crippen LogP contribution >= 0.6 is 0 Å². The highest BCUT2D eigenvalue weighted by Crippen LogP contribution is 2.15. The first-order chi connectivity index (χ1) is 4.68. The van der Waals surface area contributed by atoms with Crippen LogP contribution in [0.4, 0.5) is 0 Å².